The number of rotatable bonds is 0. The predicted octanol–water partition coefficient (Wildman–Crippen LogP) is 0.255. The molecule has 0 N–H and O–H groups in total. The van der Waals surface area contributed by atoms with E-state index in [9.17, 15) is 9.18 Å². The monoisotopic (exact) mass is 245 g/mol. The smallest absolute Gasteiger partial charge is 0.350 e. The highest BCUT2D eigenvalue weighted by Gasteiger charge is 2.36. The van der Waals surface area contributed by atoms with E-state index < -0.39 is 11.5 Å². The largest absolute Gasteiger partial charge is 0.377 e. The molecule has 1 unspecified atom stereocenters. The van der Waals surface area contributed by atoms with Crippen LogP contribution in [0.5, 0.6) is 0 Å². The minimum Gasteiger partial charge on any atom is -0.377 e. The summed E-state index contributed by atoms with van der Waals surface area (Å²) in [6.07, 6.45) is 0. The Bertz CT molecular complexity index is 504. The number of hydrogen-bond acceptors (Lipinski definition) is 4. The van der Waals surface area contributed by atoms with Gasteiger partial charge in [0.15, 0.2) is 11.0 Å². The Morgan fingerprint density at radius 1 is 1.56 bits per heavy atom. The Morgan fingerprint density at radius 3 is 3.19 bits per heavy atom. The van der Waals surface area contributed by atoms with Crippen LogP contribution in [0.1, 0.15) is 0 Å². The van der Waals surface area contributed by atoms with E-state index in [0.717, 1.165) is 0 Å². The van der Waals surface area contributed by atoms with Crippen molar-refractivity contribution in [2.45, 2.75) is 12.6 Å². The van der Waals surface area contributed by atoms with Gasteiger partial charge in [0, 0.05) is 6.54 Å². The van der Waals surface area contributed by atoms with E-state index in [0.29, 0.717) is 26.3 Å². The van der Waals surface area contributed by atoms with E-state index in [2.05, 4.69) is 4.98 Å². The summed E-state index contributed by atoms with van der Waals surface area (Å²) < 4.78 is 20.4. The third-order valence-corrected chi connectivity index (χ3v) is 3.20. The van der Waals surface area contributed by atoms with E-state index in [4.69, 9.17) is 16.3 Å². The fraction of sp³-hybridized carbons (Fsp3) is 0.556. The summed E-state index contributed by atoms with van der Waals surface area (Å²) in [5.74, 6) is -0.371. The average molecular weight is 246 g/mol. The molecule has 3 rings (SSSR count). The van der Waals surface area contributed by atoms with Crippen molar-refractivity contribution in [1.29, 1.82) is 0 Å². The van der Waals surface area contributed by atoms with Gasteiger partial charge in [-0.25, -0.2) is 4.79 Å². The van der Waals surface area contributed by atoms with Gasteiger partial charge in [-0.15, -0.1) is 0 Å². The molecule has 2 aliphatic heterocycles. The van der Waals surface area contributed by atoms with Crippen molar-refractivity contribution in [2.24, 2.45) is 0 Å². The van der Waals surface area contributed by atoms with Crippen molar-refractivity contribution < 1.29 is 9.13 Å². The molecule has 0 spiro atoms. The lowest BCUT2D eigenvalue weighted by atomic mass is 10.2. The maximum atomic E-state index is 13.8. The van der Waals surface area contributed by atoms with Gasteiger partial charge in [-0.3, -0.25) is 4.57 Å². The molecule has 1 fully saturated rings. The molecular weight excluding hydrogens is 237 g/mol. The fourth-order valence-corrected chi connectivity index (χ4v) is 2.39. The zero-order chi connectivity index (χ0) is 11.3. The van der Waals surface area contributed by atoms with Gasteiger partial charge in [0.2, 0.25) is 5.82 Å². The molecule has 0 radical (unpaired) electrons. The van der Waals surface area contributed by atoms with Crippen molar-refractivity contribution in [3.05, 3.63) is 21.5 Å². The minimum atomic E-state index is -0.620. The molecule has 7 heteroatoms. The quantitative estimate of drug-likeness (QED) is 0.615. The molecule has 0 aliphatic carbocycles. The highest BCUT2D eigenvalue weighted by molar-refractivity contribution is 6.29. The topological polar surface area (TPSA) is 47.4 Å². The summed E-state index contributed by atoms with van der Waals surface area (Å²) >= 11 is 5.57. The molecule has 1 aromatic rings. The number of nitrogens with zero attached hydrogens (tertiary/aromatic N) is 3. The van der Waals surface area contributed by atoms with Crippen LogP contribution in [0.25, 0.3) is 0 Å². The number of anilines is 1. The van der Waals surface area contributed by atoms with Gasteiger partial charge in [0.05, 0.1) is 25.8 Å². The molecular formula is C9H9ClFN3O2. The molecule has 16 heavy (non-hydrogen) atoms. The van der Waals surface area contributed by atoms with Gasteiger partial charge < -0.3 is 9.64 Å². The first-order valence-corrected chi connectivity index (χ1v) is 5.36. The van der Waals surface area contributed by atoms with Crippen molar-refractivity contribution in [2.75, 3.05) is 24.7 Å². The van der Waals surface area contributed by atoms with Crippen molar-refractivity contribution >= 4 is 17.4 Å². The zero-order valence-electron chi connectivity index (χ0n) is 8.32. The maximum Gasteiger partial charge on any atom is 0.350 e. The number of hydrogen-bond donors (Lipinski definition) is 0. The molecule has 1 atom stereocenters. The van der Waals surface area contributed by atoms with Crippen LogP contribution in [-0.4, -0.2) is 35.4 Å². The molecule has 2 aliphatic rings. The Morgan fingerprint density at radius 2 is 2.38 bits per heavy atom. The standard InChI is InChI=1S/C9H9ClFN3O2/c10-7-6(11)8-13-1-2-16-4-5(13)3-14(8)9(15)12-7/h5H,1-4H2. The predicted molar refractivity (Wildman–Crippen MR) is 55.4 cm³/mol. The summed E-state index contributed by atoms with van der Waals surface area (Å²) in [7, 11) is 0. The Labute approximate surface area is 95.4 Å². The van der Waals surface area contributed by atoms with Gasteiger partial charge >= 0.3 is 5.69 Å². The Kier molecular flexibility index (Phi) is 2.15. The first kappa shape index (κ1) is 10.0. The number of morpholine rings is 1. The summed E-state index contributed by atoms with van der Waals surface area (Å²) in [5.41, 5.74) is -0.504. The summed E-state index contributed by atoms with van der Waals surface area (Å²) in [5, 5.41) is -0.358. The van der Waals surface area contributed by atoms with Crippen LogP contribution >= 0.6 is 11.6 Å². The van der Waals surface area contributed by atoms with Crippen LogP contribution in [-0.2, 0) is 11.3 Å². The van der Waals surface area contributed by atoms with Crippen LogP contribution in [0.3, 0.4) is 0 Å². The average Bonchev–Trinajstić information content (AvgIpc) is 2.66. The second-order valence-electron chi connectivity index (χ2n) is 3.86. The van der Waals surface area contributed by atoms with Gasteiger partial charge in [-0.05, 0) is 0 Å². The zero-order valence-corrected chi connectivity index (χ0v) is 9.08. The molecule has 1 saturated heterocycles. The van der Waals surface area contributed by atoms with Crippen LogP contribution in [0.4, 0.5) is 10.2 Å². The molecule has 0 amide bonds. The molecule has 0 aromatic carbocycles. The van der Waals surface area contributed by atoms with Gasteiger partial charge in [-0.2, -0.15) is 9.37 Å². The van der Waals surface area contributed by atoms with Gasteiger partial charge in [-0.1, -0.05) is 11.6 Å². The highest BCUT2D eigenvalue weighted by Crippen LogP contribution is 2.30. The second-order valence-corrected chi connectivity index (χ2v) is 4.21. The van der Waals surface area contributed by atoms with Crippen LogP contribution in [0.15, 0.2) is 4.79 Å². The lowest BCUT2D eigenvalue weighted by Crippen LogP contribution is -2.43. The minimum absolute atomic E-state index is 0.0104. The van der Waals surface area contributed by atoms with E-state index in [-0.39, 0.29) is 17.0 Å². The Balaban J connectivity index is 2.19. The van der Waals surface area contributed by atoms with E-state index in [1.54, 1.807) is 0 Å². The molecule has 1 aromatic heterocycles. The highest BCUT2D eigenvalue weighted by atomic mass is 35.5. The summed E-state index contributed by atoms with van der Waals surface area (Å²) in [6, 6.07) is 0.0104. The second kappa shape index (κ2) is 3.43. The maximum absolute atomic E-state index is 13.8. The van der Waals surface area contributed by atoms with Crippen LogP contribution in [0, 0.1) is 5.82 Å². The number of aromatic nitrogens is 2. The lowest BCUT2D eigenvalue weighted by Gasteiger charge is -2.30. The summed E-state index contributed by atoms with van der Waals surface area (Å²) in [6.45, 7) is 2.01. The van der Waals surface area contributed by atoms with Gasteiger partial charge in [0.1, 0.15) is 0 Å². The first-order valence-electron chi connectivity index (χ1n) is 4.98. The molecule has 3 heterocycles. The SMILES string of the molecule is O=c1nc(Cl)c(F)c2n1CC1COCCN21. The van der Waals surface area contributed by atoms with E-state index in [1.807, 2.05) is 4.90 Å². The van der Waals surface area contributed by atoms with Gasteiger partial charge in [0.25, 0.3) is 0 Å². The number of ether oxygens (including phenoxy) is 1. The molecule has 5 nitrogen and oxygen atoms in total. The Hall–Kier alpha value is -1.14. The van der Waals surface area contributed by atoms with E-state index >= 15 is 0 Å². The third kappa shape index (κ3) is 1.26. The van der Waals surface area contributed by atoms with Crippen molar-refractivity contribution in [1.82, 2.24) is 9.55 Å². The van der Waals surface area contributed by atoms with Crippen molar-refractivity contribution in [3.63, 3.8) is 0 Å². The van der Waals surface area contributed by atoms with Crippen LogP contribution < -0.4 is 10.6 Å². The summed E-state index contributed by atoms with van der Waals surface area (Å²) in [4.78, 5) is 16.8. The fourth-order valence-electron chi connectivity index (χ4n) is 2.24. The number of halogens is 2. The van der Waals surface area contributed by atoms with Crippen molar-refractivity contribution in [3.8, 4) is 0 Å². The lowest BCUT2D eigenvalue weighted by molar-refractivity contribution is 0.0955. The van der Waals surface area contributed by atoms with Crippen LogP contribution in [0.2, 0.25) is 5.15 Å². The normalized spacial score (nSPS) is 23.1. The third-order valence-electron chi connectivity index (χ3n) is 2.95. The number of fused-ring (bicyclic) bond motifs is 3. The van der Waals surface area contributed by atoms with E-state index in [1.165, 1.54) is 4.57 Å². The molecule has 0 saturated carbocycles. The molecule has 86 valence electrons. The first-order chi connectivity index (χ1) is 7.68. The molecule has 0 bridgehead atoms.